The third-order valence-corrected chi connectivity index (χ3v) is 7.24. The number of anilines is 1. The molecule has 0 unspecified atom stereocenters. The maximum absolute atomic E-state index is 13.1. The number of thiazole rings is 1. The second-order valence-electron chi connectivity index (χ2n) is 8.57. The Morgan fingerprint density at radius 2 is 1.90 bits per heavy atom. The zero-order valence-electron chi connectivity index (χ0n) is 17.3. The lowest BCUT2D eigenvalue weighted by atomic mass is 9.98. The highest BCUT2D eigenvalue weighted by molar-refractivity contribution is 7.21. The van der Waals surface area contributed by atoms with E-state index in [1.165, 1.54) is 16.9 Å². The number of amides is 2. The molecule has 2 aliphatic heterocycles. The van der Waals surface area contributed by atoms with E-state index in [2.05, 4.69) is 30.9 Å². The molecule has 3 heterocycles. The lowest BCUT2D eigenvalue weighted by Crippen LogP contribution is -2.46. The summed E-state index contributed by atoms with van der Waals surface area (Å²) in [5.74, 6) is 0.385. The van der Waals surface area contributed by atoms with Crippen LogP contribution < -0.4 is 4.90 Å². The highest BCUT2D eigenvalue weighted by Gasteiger charge is 2.43. The Labute approximate surface area is 180 Å². The van der Waals surface area contributed by atoms with Gasteiger partial charge in [-0.3, -0.25) is 14.5 Å². The Kier molecular flexibility index (Phi) is 4.91. The van der Waals surface area contributed by atoms with Crippen molar-refractivity contribution in [2.24, 2.45) is 5.92 Å². The summed E-state index contributed by atoms with van der Waals surface area (Å²) in [7, 11) is 0. The third kappa shape index (κ3) is 3.44. The number of likely N-dealkylation sites (tertiary alicyclic amines) is 1. The van der Waals surface area contributed by atoms with E-state index in [-0.39, 0.29) is 24.3 Å². The predicted octanol–water partition coefficient (Wildman–Crippen LogP) is 4.64. The fourth-order valence-electron chi connectivity index (χ4n) is 4.59. The summed E-state index contributed by atoms with van der Waals surface area (Å²) in [6.45, 7) is 6.09. The number of aromatic nitrogens is 1. The summed E-state index contributed by atoms with van der Waals surface area (Å²) in [5.41, 5.74) is 3.86. The standard InChI is InChI=1S/C24H25N3O2S/c1-15-5-10-19-21(12-15)30-23(25-19)17-6-8-18(9-7-17)27-22(28)13-20(24(27)29)26-11-3-4-16(2)14-26/h5-10,12,16,20H,3-4,11,13-14H2,1-2H3/t16-,20-/m0/s1. The van der Waals surface area contributed by atoms with Crippen molar-refractivity contribution in [2.45, 2.75) is 39.2 Å². The van der Waals surface area contributed by atoms with Crippen LogP contribution in [0.3, 0.4) is 0 Å². The van der Waals surface area contributed by atoms with Crippen molar-refractivity contribution >= 4 is 39.1 Å². The van der Waals surface area contributed by atoms with Gasteiger partial charge in [0, 0.05) is 12.1 Å². The second kappa shape index (κ2) is 7.60. The second-order valence-corrected chi connectivity index (χ2v) is 9.60. The fourth-order valence-corrected chi connectivity index (χ4v) is 5.66. The summed E-state index contributed by atoms with van der Waals surface area (Å²) in [5, 5.41) is 0.946. The molecule has 1 aromatic heterocycles. The van der Waals surface area contributed by atoms with Crippen molar-refractivity contribution in [2.75, 3.05) is 18.0 Å². The molecule has 30 heavy (non-hydrogen) atoms. The van der Waals surface area contributed by atoms with Crippen molar-refractivity contribution < 1.29 is 9.59 Å². The van der Waals surface area contributed by atoms with Gasteiger partial charge >= 0.3 is 0 Å². The number of imide groups is 1. The first kappa shape index (κ1) is 19.4. The van der Waals surface area contributed by atoms with Gasteiger partial charge in [-0.1, -0.05) is 13.0 Å². The van der Waals surface area contributed by atoms with Crippen LogP contribution >= 0.6 is 11.3 Å². The first-order chi connectivity index (χ1) is 14.5. The van der Waals surface area contributed by atoms with Crippen LogP contribution in [0.25, 0.3) is 20.8 Å². The molecule has 0 spiro atoms. The van der Waals surface area contributed by atoms with Gasteiger partial charge in [0.15, 0.2) is 0 Å². The summed E-state index contributed by atoms with van der Waals surface area (Å²) < 4.78 is 1.16. The zero-order valence-corrected chi connectivity index (χ0v) is 18.1. The quantitative estimate of drug-likeness (QED) is 0.581. The van der Waals surface area contributed by atoms with Gasteiger partial charge in [-0.25, -0.2) is 9.88 Å². The number of aryl methyl sites for hydroxylation is 1. The summed E-state index contributed by atoms with van der Waals surface area (Å²) >= 11 is 1.66. The summed E-state index contributed by atoms with van der Waals surface area (Å²) in [6.07, 6.45) is 2.57. The van der Waals surface area contributed by atoms with Crippen LogP contribution in [-0.2, 0) is 9.59 Å². The van der Waals surface area contributed by atoms with Crippen LogP contribution in [0.5, 0.6) is 0 Å². The van der Waals surface area contributed by atoms with Crippen LogP contribution in [0.4, 0.5) is 5.69 Å². The maximum atomic E-state index is 13.1. The van der Waals surface area contributed by atoms with Crippen LogP contribution in [0.2, 0.25) is 0 Å². The van der Waals surface area contributed by atoms with Crippen LogP contribution in [0.1, 0.15) is 31.7 Å². The molecule has 0 radical (unpaired) electrons. The molecule has 0 N–H and O–H groups in total. The van der Waals surface area contributed by atoms with Gasteiger partial charge in [0.1, 0.15) is 5.01 Å². The largest absolute Gasteiger partial charge is 0.291 e. The Morgan fingerprint density at radius 1 is 1.10 bits per heavy atom. The molecule has 0 saturated carbocycles. The molecule has 3 aromatic rings. The highest BCUT2D eigenvalue weighted by Crippen LogP contribution is 2.33. The van der Waals surface area contributed by atoms with Crippen LogP contribution in [0.15, 0.2) is 42.5 Å². The van der Waals surface area contributed by atoms with E-state index in [1.807, 2.05) is 30.3 Å². The molecule has 2 aliphatic rings. The lowest BCUT2D eigenvalue weighted by Gasteiger charge is -2.34. The molecular weight excluding hydrogens is 394 g/mol. The molecule has 6 heteroatoms. The van der Waals surface area contributed by atoms with Crippen LogP contribution in [0, 0.1) is 12.8 Å². The number of piperidine rings is 1. The monoisotopic (exact) mass is 419 g/mol. The van der Waals surface area contributed by atoms with E-state index in [1.54, 1.807) is 11.3 Å². The Hall–Kier alpha value is -2.57. The molecule has 2 aromatic carbocycles. The van der Waals surface area contributed by atoms with Crippen LogP contribution in [-0.4, -0.2) is 40.8 Å². The number of nitrogens with zero attached hydrogens (tertiary/aromatic N) is 3. The van der Waals surface area contributed by atoms with E-state index in [0.717, 1.165) is 40.3 Å². The number of carbonyl (C=O) groups is 2. The fraction of sp³-hybridized carbons (Fsp3) is 0.375. The first-order valence-corrected chi connectivity index (χ1v) is 11.4. The van der Waals surface area contributed by atoms with Crippen molar-refractivity contribution in [3.63, 3.8) is 0 Å². The number of rotatable bonds is 3. The van der Waals surface area contributed by atoms with E-state index in [0.29, 0.717) is 11.6 Å². The molecule has 2 saturated heterocycles. The highest BCUT2D eigenvalue weighted by atomic mass is 32.1. The molecule has 154 valence electrons. The summed E-state index contributed by atoms with van der Waals surface area (Å²) in [4.78, 5) is 34.1. The molecule has 5 rings (SSSR count). The van der Waals surface area contributed by atoms with Gasteiger partial charge in [-0.2, -0.15) is 0 Å². The average Bonchev–Trinajstić information content (AvgIpc) is 3.28. The van der Waals surface area contributed by atoms with Crippen molar-refractivity contribution in [3.05, 3.63) is 48.0 Å². The van der Waals surface area contributed by atoms with Gasteiger partial charge in [0.05, 0.1) is 28.4 Å². The number of carbonyl (C=O) groups excluding carboxylic acids is 2. The number of hydrogen-bond acceptors (Lipinski definition) is 5. The summed E-state index contributed by atoms with van der Waals surface area (Å²) in [6, 6.07) is 13.6. The van der Waals surface area contributed by atoms with Crippen molar-refractivity contribution in [1.29, 1.82) is 0 Å². The zero-order chi connectivity index (χ0) is 20.8. The van der Waals surface area contributed by atoms with Gasteiger partial charge < -0.3 is 0 Å². The topological polar surface area (TPSA) is 53.5 Å². The molecular formula is C24H25N3O2S. The van der Waals surface area contributed by atoms with E-state index >= 15 is 0 Å². The van der Waals surface area contributed by atoms with Gasteiger partial charge in [0.2, 0.25) is 5.91 Å². The minimum atomic E-state index is -0.313. The number of benzene rings is 2. The Morgan fingerprint density at radius 3 is 2.67 bits per heavy atom. The normalized spacial score (nSPS) is 22.9. The van der Waals surface area contributed by atoms with Gasteiger partial charge in [0.25, 0.3) is 5.91 Å². The van der Waals surface area contributed by atoms with E-state index in [4.69, 9.17) is 4.98 Å². The third-order valence-electron chi connectivity index (χ3n) is 6.17. The SMILES string of the molecule is Cc1ccc2nc(-c3ccc(N4C(=O)C[C@H](N5CCC[C@H](C)C5)C4=O)cc3)sc2c1. The molecule has 2 fully saturated rings. The smallest absolute Gasteiger partial charge is 0.251 e. The lowest BCUT2D eigenvalue weighted by molar-refractivity contribution is -0.123. The molecule has 0 bridgehead atoms. The Balaban J connectivity index is 1.38. The predicted molar refractivity (Wildman–Crippen MR) is 121 cm³/mol. The van der Waals surface area contributed by atoms with E-state index in [9.17, 15) is 9.59 Å². The molecule has 2 atom stereocenters. The van der Waals surface area contributed by atoms with Gasteiger partial charge in [-0.05, 0) is 74.2 Å². The number of fused-ring (bicyclic) bond motifs is 1. The molecule has 2 amide bonds. The minimum Gasteiger partial charge on any atom is -0.291 e. The average molecular weight is 420 g/mol. The number of hydrogen-bond donors (Lipinski definition) is 0. The van der Waals surface area contributed by atoms with Crippen molar-refractivity contribution in [3.8, 4) is 10.6 Å². The first-order valence-electron chi connectivity index (χ1n) is 10.6. The minimum absolute atomic E-state index is 0.0858. The molecule has 0 aliphatic carbocycles. The van der Waals surface area contributed by atoms with Crippen molar-refractivity contribution in [1.82, 2.24) is 9.88 Å². The Bertz CT molecular complexity index is 1120. The molecule has 5 nitrogen and oxygen atoms in total. The van der Waals surface area contributed by atoms with E-state index < -0.39 is 0 Å². The maximum Gasteiger partial charge on any atom is 0.251 e. The van der Waals surface area contributed by atoms with Gasteiger partial charge in [-0.15, -0.1) is 11.3 Å².